The predicted octanol–water partition coefficient (Wildman–Crippen LogP) is 1.25. The van der Waals surface area contributed by atoms with Crippen LogP contribution in [-0.2, 0) is 9.47 Å². The maximum atomic E-state index is 7.54. The zero-order valence-corrected chi connectivity index (χ0v) is 15.1. The van der Waals surface area contributed by atoms with E-state index in [9.17, 15) is 0 Å². The standard InChI is InChI=1S/C20H22N4O4/c21-19(22)11-4-6-13(7-5-11)27-15-9-25-18-16(10-26-17(15)18)28-14-3-1-2-12(8-14)20(23)24/h1-8,15-18H,9-10H2,(H3,21,22)(H3,23,24). The highest BCUT2D eigenvalue weighted by Gasteiger charge is 2.50. The molecular formula is C20H22N4O4. The number of fused-ring (bicyclic) bond motifs is 1. The molecule has 6 N–H and O–H groups in total. The number of nitrogen functional groups attached to an aromatic ring is 2. The second-order valence-electron chi connectivity index (χ2n) is 6.79. The van der Waals surface area contributed by atoms with Gasteiger partial charge in [-0.2, -0.15) is 0 Å². The maximum Gasteiger partial charge on any atom is 0.151 e. The topological polar surface area (TPSA) is 137 Å². The van der Waals surface area contributed by atoms with Crippen LogP contribution < -0.4 is 20.9 Å². The number of rotatable bonds is 6. The van der Waals surface area contributed by atoms with E-state index in [1.54, 1.807) is 42.5 Å². The molecule has 8 nitrogen and oxygen atoms in total. The Labute approximate surface area is 162 Å². The van der Waals surface area contributed by atoms with Crippen LogP contribution in [0.5, 0.6) is 11.5 Å². The van der Waals surface area contributed by atoms with Gasteiger partial charge in [0.05, 0.1) is 13.2 Å². The van der Waals surface area contributed by atoms with Gasteiger partial charge in [0, 0.05) is 11.1 Å². The summed E-state index contributed by atoms with van der Waals surface area (Å²) < 4.78 is 23.8. The summed E-state index contributed by atoms with van der Waals surface area (Å²) in [5.41, 5.74) is 12.3. The maximum absolute atomic E-state index is 7.54. The molecule has 0 aromatic heterocycles. The lowest BCUT2D eigenvalue weighted by Gasteiger charge is -2.19. The van der Waals surface area contributed by atoms with Crippen LogP contribution >= 0.6 is 0 Å². The minimum absolute atomic E-state index is 0.00706. The summed E-state index contributed by atoms with van der Waals surface area (Å²) in [6.07, 6.45) is -0.970. The van der Waals surface area contributed by atoms with Gasteiger partial charge in [0.15, 0.2) is 12.2 Å². The third kappa shape index (κ3) is 3.64. The lowest BCUT2D eigenvalue weighted by molar-refractivity contribution is 0.0181. The Morgan fingerprint density at radius 1 is 0.786 bits per heavy atom. The van der Waals surface area contributed by atoms with Gasteiger partial charge >= 0.3 is 0 Å². The Morgan fingerprint density at radius 2 is 1.36 bits per heavy atom. The quantitative estimate of drug-likeness (QED) is 0.438. The van der Waals surface area contributed by atoms with Crippen LogP contribution in [0.15, 0.2) is 48.5 Å². The van der Waals surface area contributed by atoms with Crippen LogP contribution in [0.25, 0.3) is 0 Å². The lowest BCUT2D eigenvalue weighted by atomic mass is 10.1. The highest BCUT2D eigenvalue weighted by atomic mass is 16.6. The first kappa shape index (κ1) is 18.3. The van der Waals surface area contributed by atoms with E-state index in [4.69, 9.17) is 41.2 Å². The van der Waals surface area contributed by atoms with Crippen molar-refractivity contribution in [2.45, 2.75) is 24.4 Å². The second kappa shape index (κ2) is 7.49. The molecule has 2 aliphatic heterocycles. The fourth-order valence-corrected chi connectivity index (χ4v) is 3.43. The first-order chi connectivity index (χ1) is 13.5. The van der Waals surface area contributed by atoms with E-state index in [-0.39, 0.29) is 36.1 Å². The minimum atomic E-state index is -0.263. The number of hydrogen-bond donors (Lipinski definition) is 4. The zero-order chi connectivity index (χ0) is 19.7. The first-order valence-corrected chi connectivity index (χ1v) is 8.96. The Bertz CT molecular complexity index is 886. The van der Waals surface area contributed by atoms with E-state index in [2.05, 4.69) is 0 Å². The summed E-state index contributed by atoms with van der Waals surface area (Å²) in [6.45, 7) is 0.792. The number of ether oxygens (including phenoxy) is 4. The van der Waals surface area contributed by atoms with Crippen LogP contribution in [0.1, 0.15) is 11.1 Å². The van der Waals surface area contributed by atoms with Crippen molar-refractivity contribution in [2.75, 3.05) is 13.2 Å². The number of nitrogens with two attached hydrogens (primary N) is 2. The number of nitrogens with one attached hydrogen (secondary N) is 2. The van der Waals surface area contributed by atoms with E-state index in [0.29, 0.717) is 35.8 Å². The van der Waals surface area contributed by atoms with Crippen molar-refractivity contribution < 1.29 is 18.9 Å². The molecule has 146 valence electrons. The molecule has 0 bridgehead atoms. The highest BCUT2D eigenvalue weighted by Crippen LogP contribution is 2.32. The molecule has 0 amide bonds. The molecule has 0 aliphatic carbocycles. The molecular weight excluding hydrogens is 360 g/mol. The lowest BCUT2D eigenvalue weighted by Crippen LogP contribution is -2.36. The third-order valence-electron chi connectivity index (χ3n) is 4.85. The molecule has 4 atom stereocenters. The van der Waals surface area contributed by atoms with E-state index < -0.39 is 0 Å². The number of amidine groups is 2. The molecule has 2 heterocycles. The van der Waals surface area contributed by atoms with E-state index in [1.165, 1.54) is 0 Å². The van der Waals surface area contributed by atoms with Crippen molar-refractivity contribution in [1.29, 1.82) is 10.8 Å². The molecule has 28 heavy (non-hydrogen) atoms. The van der Waals surface area contributed by atoms with Gasteiger partial charge in [0.25, 0.3) is 0 Å². The van der Waals surface area contributed by atoms with Crippen LogP contribution in [0.3, 0.4) is 0 Å². The van der Waals surface area contributed by atoms with Crippen LogP contribution in [0.4, 0.5) is 0 Å². The highest BCUT2D eigenvalue weighted by molar-refractivity contribution is 5.95. The van der Waals surface area contributed by atoms with Gasteiger partial charge in [-0.05, 0) is 36.4 Å². The van der Waals surface area contributed by atoms with Crippen molar-refractivity contribution in [3.8, 4) is 11.5 Å². The van der Waals surface area contributed by atoms with Gasteiger partial charge in [-0.15, -0.1) is 0 Å². The summed E-state index contributed by atoms with van der Waals surface area (Å²) >= 11 is 0. The number of benzene rings is 2. The molecule has 0 saturated carbocycles. The molecule has 2 aromatic rings. The Morgan fingerprint density at radius 3 is 1.93 bits per heavy atom. The molecule has 2 aliphatic rings. The molecule has 4 rings (SSSR count). The molecule has 2 fully saturated rings. The molecule has 0 radical (unpaired) electrons. The van der Waals surface area contributed by atoms with Gasteiger partial charge < -0.3 is 30.4 Å². The molecule has 2 saturated heterocycles. The third-order valence-corrected chi connectivity index (χ3v) is 4.85. The van der Waals surface area contributed by atoms with Crippen LogP contribution in [-0.4, -0.2) is 49.3 Å². The smallest absolute Gasteiger partial charge is 0.151 e. The normalized spacial score (nSPS) is 25.9. The van der Waals surface area contributed by atoms with Gasteiger partial charge in [-0.25, -0.2) is 0 Å². The SMILES string of the molecule is N=C(N)c1ccc(OC2COC3C(Oc4cccc(C(=N)N)c4)COC23)cc1. The summed E-state index contributed by atoms with van der Waals surface area (Å²) in [6, 6.07) is 14.2. The largest absolute Gasteiger partial charge is 0.485 e. The van der Waals surface area contributed by atoms with Crippen molar-refractivity contribution in [3.63, 3.8) is 0 Å². The average molecular weight is 382 g/mol. The van der Waals surface area contributed by atoms with E-state index >= 15 is 0 Å². The van der Waals surface area contributed by atoms with Gasteiger partial charge in [0.1, 0.15) is 35.4 Å². The van der Waals surface area contributed by atoms with E-state index in [0.717, 1.165) is 0 Å². The molecule has 4 unspecified atom stereocenters. The summed E-state index contributed by atoms with van der Waals surface area (Å²) in [5.74, 6) is 1.30. The second-order valence-corrected chi connectivity index (χ2v) is 6.79. The number of hydrogen-bond acceptors (Lipinski definition) is 6. The molecule has 2 aromatic carbocycles. The van der Waals surface area contributed by atoms with E-state index in [1.807, 2.05) is 6.07 Å². The van der Waals surface area contributed by atoms with Crippen LogP contribution in [0, 0.1) is 10.8 Å². The van der Waals surface area contributed by atoms with Gasteiger partial charge in [0.2, 0.25) is 0 Å². The Kier molecular flexibility index (Phi) is 4.89. The van der Waals surface area contributed by atoms with Gasteiger partial charge in [-0.1, -0.05) is 12.1 Å². The monoisotopic (exact) mass is 382 g/mol. The predicted molar refractivity (Wildman–Crippen MR) is 103 cm³/mol. The average Bonchev–Trinajstić information content (AvgIpc) is 3.26. The zero-order valence-electron chi connectivity index (χ0n) is 15.1. The minimum Gasteiger partial charge on any atom is -0.485 e. The fourth-order valence-electron chi connectivity index (χ4n) is 3.43. The molecule has 0 spiro atoms. The Hall–Kier alpha value is -3.10. The fraction of sp³-hybridized carbons (Fsp3) is 0.300. The summed E-state index contributed by atoms with van der Waals surface area (Å²) in [4.78, 5) is 0. The van der Waals surface area contributed by atoms with Crippen molar-refractivity contribution in [3.05, 3.63) is 59.7 Å². The van der Waals surface area contributed by atoms with Crippen molar-refractivity contribution in [1.82, 2.24) is 0 Å². The summed E-state index contributed by atoms with van der Waals surface area (Å²) in [5, 5.41) is 15.0. The first-order valence-electron chi connectivity index (χ1n) is 8.96. The van der Waals surface area contributed by atoms with Crippen molar-refractivity contribution >= 4 is 11.7 Å². The van der Waals surface area contributed by atoms with Crippen molar-refractivity contribution in [2.24, 2.45) is 11.5 Å². The van der Waals surface area contributed by atoms with Gasteiger partial charge in [-0.3, -0.25) is 10.8 Å². The Balaban J connectivity index is 1.39. The summed E-state index contributed by atoms with van der Waals surface area (Å²) in [7, 11) is 0. The molecule has 8 heteroatoms. The van der Waals surface area contributed by atoms with Crippen LogP contribution in [0.2, 0.25) is 0 Å².